The Balaban J connectivity index is 2.39. The van der Waals surface area contributed by atoms with Crippen LogP contribution in [-0.4, -0.2) is 54.5 Å². The molecule has 1 fully saturated rings. The van der Waals surface area contributed by atoms with E-state index in [0.29, 0.717) is 19.4 Å². The second-order valence-corrected chi connectivity index (χ2v) is 4.96. The van der Waals surface area contributed by atoms with Crippen LogP contribution in [-0.2, 0) is 9.53 Å². The number of carbonyl (C=O) groups is 2. The maximum Gasteiger partial charge on any atom is 0.257 e. The minimum atomic E-state index is -1.09. The molecule has 1 unspecified atom stereocenters. The van der Waals surface area contributed by atoms with Gasteiger partial charge in [0.2, 0.25) is 5.91 Å². The lowest BCUT2D eigenvalue weighted by Gasteiger charge is -2.36. The monoisotopic (exact) mass is 295 g/mol. The minimum Gasteiger partial charge on any atom is -0.382 e. The van der Waals surface area contributed by atoms with E-state index < -0.39 is 17.3 Å². The number of ether oxygens (including phenoxy) is 1. The number of methoxy groups -OCH3 is 1. The Hall–Kier alpha value is -2.02. The van der Waals surface area contributed by atoms with Crippen molar-refractivity contribution in [3.63, 3.8) is 0 Å². The van der Waals surface area contributed by atoms with Gasteiger partial charge in [-0.05, 0) is 18.9 Å². The van der Waals surface area contributed by atoms with Crippen LogP contribution in [0, 0.1) is 5.82 Å². The van der Waals surface area contributed by atoms with Crippen LogP contribution < -0.4 is 5.32 Å². The van der Waals surface area contributed by atoms with Crippen molar-refractivity contribution in [1.82, 2.24) is 15.2 Å². The van der Waals surface area contributed by atoms with E-state index in [0.717, 1.165) is 6.20 Å². The van der Waals surface area contributed by atoms with Crippen LogP contribution in [0.4, 0.5) is 4.39 Å². The molecule has 2 heterocycles. The van der Waals surface area contributed by atoms with Crippen LogP contribution >= 0.6 is 0 Å². The summed E-state index contributed by atoms with van der Waals surface area (Å²) in [5.74, 6) is -1.52. The van der Waals surface area contributed by atoms with E-state index in [2.05, 4.69) is 10.3 Å². The highest BCUT2D eigenvalue weighted by Gasteiger charge is 2.49. The molecule has 0 saturated carbocycles. The fourth-order valence-electron chi connectivity index (χ4n) is 2.79. The van der Waals surface area contributed by atoms with Gasteiger partial charge in [0.25, 0.3) is 5.91 Å². The number of amides is 2. The Morgan fingerprint density at radius 1 is 1.57 bits per heavy atom. The standard InChI is InChI=1S/C14H18FN3O3/c1-16-13(20)14(9-21-2)5-3-7-18(14)12(19)10-4-6-17-8-11(10)15/h4,6,8H,3,5,7,9H2,1-2H3,(H,16,20). The summed E-state index contributed by atoms with van der Waals surface area (Å²) in [5, 5.41) is 2.56. The van der Waals surface area contributed by atoms with Crippen molar-refractivity contribution in [3.8, 4) is 0 Å². The highest BCUT2D eigenvalue weighted by atomic mass is 19.1. The summed E-state index contributed by atoms with van der Waals surface area (Å²) in [5.41, 5.74) is -1.17. The Bertz CT molecular complexity index is 552. The largest absolute Gasteiger partial charge is 0.382 e. The number of halogens is 1. The fourth-order valence-corrected chi connectivity index (χ4v) is 2.79. The summed E-state index contributed by atoms with van der Waals surface area (Å²) in [6.45, 7) is 0.461. The summed E-state index contributed by atoms with van der Waals surface area (Å²) < 4.78 is 18.9. The lowest BCUT2D eigenvalue weighted by Crippen LogP contribution is -2.59. The summed E-state index contributed by atoms with van der Waals surface area (Å²) in [6, 6.07) is 1.32. The fraction of sp³-hybridized carbons (Fsp3) is 0.500. The van der Waals surface area contributed by atoms with E-state index in [1.54, 1.807) is 0 Å². The third kappa shape index (κ3) is 2.61. The van der Waals surface area contributed by atoms with E-state index in [1.807, 2.05) is 0 Å². The van der Waals surface area contributed by atoms with Gasteiger partial charge in [0.05, 0.1) is 18.4 Å². The zero-order valence-corrected chi connectivity index (χ0v) is 12.1. The zero-order chi connectivity index (χ0) is 15.5. The third-order valence-corrected chi connectivity index (χ3v) is 3.77. The SMILES string of the molecule is CNC(=O)C1(COC)CCCN1C(=O)c1ccncc1F. The molecule has 2 rings (SSSR count). The molecule has 0 bridgehead atoms. The minimum absolute atomic E-state index is 0.0745. The zero-order valence-electron chi connectivity index (χ0n) is 12.1. The average Bonchev–Trinajstić information content (AvgIpc) is 2.91. The first kappa shape index (κ1) is 15.4. The molecule has 114 valence electrons. The molecule has 1 aromatic heterocycles. The Labute approximate surface area is 122 Å². The van der Waals surface area contributed by atoms with Gasteiger partial charge in [-0.3, -0.25) is 14.6 Å². The second-order valence-electron chi connectivity index (χ2n) is 4.96. The number of likely N-dealkylation sites (N-methyl/N-ethyl adjacent to an activating group) is 1. The second kappa shape index (κ2) is 6.17. The molecule has 1 aliphatic heterocycles. The lowest BCUT2D eigenvalue weighted by atomic mass is 9.95. The molecule has 1 aliphatic rings. The van der Waals surface area contributed by atoms with Gasteiger partial charge >= 0.3 is 0 Å². The number of aromatic nitrogens is 1. The maximum atomic E-state index is 13.8. The molecular formula is C14H18FN3O3. The molecular weight excluding hydrogens is 277 g/mol. The third-order valence-electron chi connectivity index (χ3n) is 3.77. The smallest absolute Gasteiger partial charge is 0.257 e. The van der Waals surface area contributed by atoms with Gasteiger partial charge in [-0.15, -0.1) is 0 Å². The lowest BCUT2D eigenvalue weighted by molar-refractivity contribution is -0.133. The average molecular weight is 295 g/mol. The molecule has 1 saturated heterocycles. The van der Waals surface area contributed by atoms with Crippen molar-refractivity contribution >= 4 is 11.8 Å². The van der Waals surface area contributed by atoms with Gasteiger partial charge in [-0.1, -0.05) is 0 Å². The number of hydrogen-bond acceptors (Lipinski definition) is 4. The van der Waals surface area contributed by atoms with Gasteiger partial charge < -0.3 is 15.0 Å². The molecule has 1 N–H and O–H groups in total. The van der Waals surface area contributed by atoms with Crippen LogP contribution in [0.25, 0.3) is 0 Å². The summed E-state index contributed by atoms with van der Waals surface area (Å²) in [6.07, 6.45) is 3.49. The van der Waals surface area contributed by atoms with Crippen LogP contribution in [0.1, 0.15) is 23.2 Å². The number of likely N-dealkylation sites (tertiary alicyclic amines) is 1. The van der Waals surface area contributed by atoms with Crippen molar-refractivity contribution in [2.75, 3.05) is 27.3 Å². The first-order valence-electron chi connectivity index (χ1n) is 6.69. The van der Waals surface area contributed by atoms with Crippen molar-refractivity contribution < 1.29 is 18.7 Å². The number of rotatable bonds is 4. The van der Waals surface area contributed by atoms with Gasteiger partial charge in [0, 0.05) is 26.9 Å². The molecule has 6 nitrogen and oxygen atoms in total. The molecule has 0 aliphatic carbocycles. The number of pyridine rings is 1. The van der Waals surface area contributed by atoms with Crippen LogP contribution in [0.3, 0.4) is 0 Å². The van der Waals surface area contributed by atoms with Crippen molar-refractivity contribution in [3.05, 3.63) is 29.8 Å². The predicted molar refractivity (Wildman–Crippen MR) is 73.1 cm³/mol. The molecule has 2 amide bonds. The quantitative estimate of drug-likeness (QED) is 0.882. The first-order valence-corrected chi connectivity index (χ1v) is 6.69. The summed E-state index contributed by atoms with van der Waals surface area (Å²) in [7, 11) is 2.98. The first-order chi connectivity index (χ1) is 10.1. The Morgan fingerprint density at radius 3 is 2.95 bits per heavy atom. The molecule has 21 heavy (non-hydrogen) atoms. The van der Waals surface area contributed by atoms with Gasteiger partial charge in [0.1, 0.15) is 5.54 Å². The van der Waals surface area contributed by atoms with E-state index in [9.17, 15) is 14.0 Å². The van der Waals surface area contributed by atoms with Gasteiger partial charge in [-0.25, -0.2) is 4.39 Å². The highest BCUT2D eigenvalue weighted by molar-refractivity contribution is 5.99. The molecule has 1 aromatic rings. The van der Waals surface area contributed by atoms with Crippen LogP contribution in [0.15, 0.2) is 18.5 Å². The number of nitrogens with zero attached hydrogens (tertiary/aromatic N) is 2. The molecule has 7 heteroatoms. The van der Waals surface area contributed by atoms with E-state index >= 15 is 0 Å². The molecule has 0 spiro atoms. The van der Waals surface area contributed by atoms with Crippen LogP contribution in [0.5, 0.6) is 0 Å². The van der Waals surface area contributed by atoms with E-state index in [4.69, 9.17) is 4.74 Å². The van der Waals surface area contributed by atoms with E-state index in [1.165, 1.54) is 31.3 Å². The highest BCUT2D eigenvalue weighted by Crippen LogP contribution is 2.32. The number of nitrogens with one attached hydrogen (secondary N) is 1. The van der Waals surface area contributed by atoms with Gasteiger partial charge in [0.15, 0.2) is 5.82 Å². The summed E-state index contributed by atoms with van der Waals surface area (Å²) >= 11 is 0. The maximum absolute atomic E-state index is 13.8. The molecule has 0 radical (unpaired) electrons. The van der Waals surface area contributed by atoms with Crippen LogP contribution in [0.2, 0.25) is 0 Å². The Kier molecular flexibility index (Phi) is 4.52. The Morgan fingerprint density at radius 2 is 2.33 bits per heavy atom. The van der Waals surface area contributed by atoms with Crippen molar-refractivity contribution in [1.29, 1.82) is 0 Å². The molecule has 1 atom stereocenters. The predicted octanol–water partition coefficient (Wildman–Crippen LogP) is 0.588. The van der Waals surface area contributed by atoms with E-state index in [-0.39, 0.29) is 18.1 Å². The number of carbonyl (C=O) groups excluding carboxylic acids is 2. The topological polar surface area (TPSA) is 71.5 Å². The normalized spacial score (nSPS) is 21.4. The molecule has 0 aromatic carbocycles. The summed E-state index contributed by atoms with van der Waals surface area (Å²) in [4.78, 5) is 29.9. The van der Waals surface area contributed by atoms with Crippen molar-refractivity contribution in [2.24, 2.45) is 0 Å². The number of hydrogen-bond donors (Lipinski definition) is 1. The van der Waals surface area contributed by atoms with Gasteiger partial charge in [-0.2, -0.15) is 0 Å². The van der Waals surface area contributed by atoms with Crippen molar-refractivity contribution in [2.45, 2.75) is 18.4 Å².